The molecule has 0 aliphatic heterocycles. The van der Waals surface area contributed by atoms with Gasteiger partial charge in [-0.2, -0.15) is 4.98 Å². The van der Waals surface area contributed by atoms with Crippen molar-refractivity contribution in [1.82, 2.24) is 4.98 Å². The fraction of sp³-hybridized carbons (Fsp3) is 0.125. The number of hydrogen-bond donors (Lipinski definition) is 1. The molecule has 1 heterocycles. The molecule has 0 atom stereocenters. The van der Waals surface area contributed by atoms with E-state index < -0.39 is 9.84 Å². The average Bonchev–Trinajstić information content (AvgIpc) is 3.24. The van der Waals surface area contributed by atoms with Crippen LogP contribution in [0.25, 0.3) is 11.5 Å². The molecule has 1 N–H and O–H groups in total. The number of sulfone groups is 1. The predicted molar refractivity (Wildman–Crippen MR) is 119 cm³/mol. The normalized spacial score (nSPS) is 11.3. The van der Waals surface area contributed by atoms with Gasteiger partial charge in [0.25, 0.3) is 0 Å². The van der Waals surface area contributed by atoms with E-state index in [1.54, 1.807) is 61.7 Å². The minimum absolute atomic E-state index is 0.107. The summed E-state index contributed by atoms with van der Waals surface area (Å²) in [5.41, 5.74) is 2.79. The average molecular weight is 435 g/mol. The van der Waals surface area contributed by atoms with Gasteiger partial charge in [-0.1, -0.05) is 48.0 Å². The highest BCUT2D eigenvalue weighted by molar-refractivity contribution is 7.91. The molecular weight excluding hydrogens is 412 g/mol. The molecule has 7 heteroatoms. The molecule has 0 saturated carbocycles. The molecule has 0 spiro atoms. The highest BCUT2D eigenvalue weighted by Crippen LogP contribution is 2.33. The number of anilines is 1. The van der Waals surface area contributed by atoms with E-state index in [0.717, 1.165) is 11.1 Å². The quantitative estimate of drug-likeness (QED) is 0.436. The highest BCUT2D eigenvalue weighted by Gasteiger charge is 2.28. The van der Waals surface area contributed by atoms with Gasteiger partial charge >= 0.3 is 0 Å². The van der Waals surface area contributed by atoms with Crippen LogP contribution in [0.3, 0.4) is 0 Å². The third-order valence-corrected chi connectivity index (χ3v) is 6.49. The second-order valence-corrected chi connectivity index (χ2v) is 8.90. The molecule has 6 nitrogen and oxygen atoms in total. The number of nitrogens with one attached hydrogen (secondary N) is 1. The van der Waals surface area contributed by atoms with Crippen LogP contribution in [0.15, 0.2) is 93.2 Å². The van der Waals surface area contributed by atoms with Gasteiger partial charge in [-0.15, -0.1) is 0 Å². The maximum Gasteiger partial charge on any atom is 0.234 e. The number of ether oxygens (including phenoxy) is 1. The zero-order valence-electron chi connectivity index (χ0n) is 17.2. The van der Waals surface area contributed by atoms with E-state index in [1.165, 1.54) is 0 Å². The van der Waals surface area contributed by atoms with Crippen molar-refractivity contribution in [3.8, 4) is 17.2 Å². The van der Waals surface area contributed by atoms with Crippen LogP contribution >= 0.6 is 0 Å². The van der Waals surface area contributed by atoms with Gasteiger partial charge < -0.3 is 14.5 Å². The van der Waals surface area contributed by atoms with Crippen LogP contribution in [-0.4, -0.2) is 20.5 Å². The molecule has 0 fully saturated rings. The minimum Gasteiger partial charge on any atom is -0.497 e. The van der Waals surface area contributed by atoms with Crippen LogP contribution in [0, 0.1) is 6.92 Å². The number of oxazole rings is 1. The van der Waals surface area contributed by atoms with Gasteiger partial charge in [0, 0.05) is 12.1 Å². The summed E-state index contributed by atoms with van der Waals surface area (Å²) < 4.78 is 37.6. The van der Waals surface area contributed by atoms with Gasteiger partial charge in [-0.25, -0.2) is 8.42 Å². The lowest BCUT2D eigenvalue weighted by atomic mass is 10.1. The lowest BCUT2D eigenvalue weighted by Gasteiger charge is -2.06. The number of nitrogens with zero attached hydrogens (tertiary/aromatic N) is 1. The molecule has 31 heavy (non-hydrogen) atoms. The van der Waals surface area contributed by atoms with Crippen LogP contribution in [0.1, 0.15) is 11.1 Å². The van der Waals surface area contributed by atoms with E-state index >= 15 is 0 Å². The van der Waals surface area contributed by atoms with Gasteiger partial charge in [0.2, 0.25) is 26.6 Å². The first-order valence-corrected chi connectivity index (χ1v) is 11.2. The van der Waals surface area contributed by atoms with E-state index in [9.17, 15) is 8.42 Å². The summed E-state index contributed by atoms with van der Waals surface area (Å²) in [6.07, 6.45) is 0. The third-order valence-electron chi connectivity index (χ3n) is 4.81. The number of methoxy groups -OCH3 is 1. The Kier molecular flexibility index (Phi) is 5.77. The van der Waals surface area contributed by atoms with E-state index in [0.29, 0.717) is 17.9 Å². The van der Waals surface area contributed by atoms with Crippen LogP contribution in [0.2, 0.25) is 0 Å². The first-order valence-electron chi connectivity index (χ1n) is 9.72. The molecule has 1 aromatic heterocycles. The minimum atomic E-state index is -3.87. The van der Waals surface area contributed by atoms with Gasteiger partial charge in [-0.3, -0.25) is 0 Å². The smallest absolute Gasteiger partial charge is 0.234 e. The van der Waals surface area contributed by atoms with Crippen molar-refractivity contribution in [2.45, 2.75) is 23.4 Å². The van der Waals surface area contributed by atoms with Crippen molar-refractivity contribution >= 4 is 15.7 Å². The molecule has 0 amide bonds. The molecule has 0 unspecified atom stereocenters. The van der Waals surface area contributed by atoms with Crippen molar-refractivity contribution in [1.29, 1.82) is 0 Å². The summed E-state index contributed by atoms with van der Waals surface area (Å²) >= 11 is 0. The summed E-state index contributed by atoms with van der Waals surface area (Å²) in [6.45, 7) is 2.41. The molecule has 158 valence electrons. The number of rotatable bonds is 7. The molecule has 3 aromatic carbocycles. The Morgan fingerprint density at radius 3 is 2.26 bits per heavy atom. The van der Waals surface area contributed by atoms with Crippen molar-refractivity contribution in [3.05, 3.63) is 90.0 Å². The Morgan fingerprint density at radius 1 is 0.935 bits per heavy atom. The maximum atomic E-state index is 13.3. The second-order valence-electron chi connectivity index (χ2n) is 7.04. The largest absolute Gasteiger partial charge is 0.497 e. The number of hydrogen-bond acceptors (Lipinski definition) is 6. The topological polar surface area (TPSA) is 81.4 Å². The predicted octanol–water partition coefficient (Wildman–Crippen LogP) is 5.10. The maximum absolute atomic E-state index is 13.3. The molecule has 4 aromatic rings. The fourth-order valence-electron chi connectivity index (χ4n) is 3.06. The molecule has 0 saturated heterocycles. The molecule has 4 rings (SSSR count). The SMILES string of the molecule is COc1ccc(-c2nc(S(=O)(=O)c3ccccc3)c(NCc3ccc(C)cc3)o2)cc1. The zero-order valence-corrected chi connectivity index (χ0v) is 18.0. The lowest BCUT2D eigenvalue weighted by molar-refractivity contribution is 0.415. The van der Waals surface area contributed by atoms with Gasteiger partial charge in [0.15, 0.2) is 0 Å². The van der Waals surface area contributed by atoms with Gasteiger partial charge in [0.1, 0.15) is 5.75 Å². The molecule has 0 bridgehead atoms. The summed E-state index contributed by atoms with van der Waals surface area (Å²) in [5.74, 6) is 1.00. The standard InChI is InChI=1S/C24H22N2O4S/c1-17-8-10-18(11-9-17)16-25-23-24(31(27,28)21-6-4-3-5-7-21)26-22(30-23)19-12-14-20(29-2)15-13-19/h3-15,25H,16H2,1-2H3. The Balaban J connectivity index is 1.73. The lowest BCUT2D eigenvalue weighted by Crippen LogP contribution is -2.07. The van der Waals surface area contributed by atoms with Crippen molar-refractivity contribution in [2.75, 3.05) is 12.4 Å². The van der Waals surface area contributed by atoms with E-state index in [2.05, 4.69) is 10.3 Å². The Morgan fingerprint density at radius 2 is 1.61 bits per heavy atom. The van der Waals surface area contributed by atoms with E-state index in [-0.39, 0.29) is 21.7 Å². The molecule has 0 aliphatic rings. The van der Waals surface area contributed by atoms with Crippen molar-refractivity contribution in [2.24, 2.45) is 0 Å². The number of aromatic nitrogens is 1. The summed E-state index contributed by atoms with van der Waals surface area (Å²) in [7, 11) is -2.29. The summed E-state index contributed by atoms with van der Waals surface area (Å²) in [6, 6.07) is 23.2. The van der Waals surface area contributed by atoms with E-state index in [1.807, 2.05) is 31.2 Å². The molecule has 0 aliphatic carbocycles. The summed E-state index contributed by atoms with van der Waals surface area (Å²) in [4.78, 5) is 4.51. The van der Waals surface area contributed by atoms with E-state index in [4.69, 9.17) is 9.15 Å². The third kappa shape index (κ3) is 4.46. The fourth-order valence-corrected chi connectivity index (χ4v) is 4.36. The van der Waals surface area contributed by atoms with Crippen LogP contribution < -0.4 is 10.1 Å². The Labute approximate surface area is 181 Å². The summed E-state index contributed by atoms with van der Waals surface area (Å²) in [5, 5.41) is 2.96. The zero-order chi connectivity index (χ0) is 21.8. The molecular formula is C24H22N2O4S. The van der Waals surface area contributed by atoms with Crippen molar-refractivity contribution < 1.29 is 17.6 Å². The Hall–Kier alpha value is -3.58. The monoisotopic (exact) mass is 434 g/mol. The van der Waals surface area contributed by atoms with Gasteiger partial charge in [0.05, 0.1) is 12.0 Å². The number of aryl methyl sites for hydroxylation is 1. The second kappa shape index (κ2) is 8.65. The first-order chi connectivity index (χ1) is 15.0. The van der Waals surface area contributed by atoms with Gasteiger partial charge in [-0.05, 0) is 48.9 Å². The Bertz CT molecular complexity index is 1260. The number of benzene rings is 3. The first kappa shape index (κ1) is 20.7. The highest BCUT2D eigenvalue weighted by atomic mass is 32.2. The van der Waals surface area contributed by atoms with Crippen LogP contribution in [0.4, 0.5) is 5.88 Å². The van der Waals surface area contributed by atoms with Crippen LogP contribution in [0.5, 0.6) is 5.75 Å². The van der Waals surface area contributed by atoms with Crippen molar-refractivity contribution in [3.63, 3.8) is 0 Å². The molecule has 0 radical (unpaired) electrons. The van der Waals surface area contributed by atoms with Crippen LogP contribution in [-0.2, 0) is 16.4 Å².